The molecule has 296 valence electrons. The molecule has 6 N–H and O–H groups in total. The summed E-state index contributed by atoms with van der Waals surface area (Å²) >= 11 is 0. The standard InChI is InChI=1S/C42H63N7O5/c1-4-5-6-7-11-18-38(50)46-35(26-31-19-21-34(22-20-31)54-29-32-14-9-8-10-15-32)39(51)47-36(25-30(2)3)40(52)49-24-13-17-37(49)41(53)48-23-12-16-33(28-48)27-45-42(43)44/h8-10,14-15,19-22,30,33,35-37H,4-7,11-13,16-18,23-29H2,1-3H3,(H,46,50)(H,47,51)(H4,43,44,45)/t33?,35-,36-,37-/m0/s1. The molecule has 4 amide bonds. The summed E-state index contributed by atoms with van der Waals surface area (Å²) in [5.74, 6) is 0.0534. The molecule has 2 aliphatic heterocycles. The van der Waals surface area contributed by atoms with Crippen molar-refractivity contribution in [2.75, 3.05) is 26.2 Å². The van der Waals surface area contributed by atoms with Gasteiger partial charge in [0.2, 0.25) is 23.6 Å². The average molecular weight is 746 g/mol. The first-order valence-electron chi connectivity index (χ1n) is 20.0. The van der Waals surface area contributed by atoms with Gasteiger partial charge in [0, 0.05) is 39.0 Å². The van der Waals surface area contributed by atoms with Crippen LogP contribution in [0.1, 0.15) is 103 Å². The van der Waals surface area contributed by atoms with E-state index in [1.807, 2.05) is 73.3 Å². The predicted molar refractivity (Wildman–Crippen MR) is 212 cm³/mol. The third kappa shape index (κ3) is 13.7. The van der Waals surface area contributed by atoms with Crippen molar-refractivity contribution in [3.8, 4) is 5.75 Å². The zero-order valence-corrected chi connectivity index (χ0v) is 32.6. The van der Waals surface area contributed by atoms with Gasteiger partial charge in [-0.05, 0) is 73.6 Å². The van der Waals surface area contributed by atoms with Crippen LogP contribution in [0.25, 0.3) is 0 Å². The number of carbonyl (C=O) groups is 4. The van der Waals surface area contributed by atoms with E-state index in [4.69, 9.17) is 16.2 Å². The van der Waals surface area contributed by atoms with Crippen molar-refractivity contribution in [1.29, 1.82) is 0 Å². The zero-order chi connectivity index (χ0) is 38.9. The number of nitrogens with zero attached hydrogens (tertiary/aromatic N) is 3. The number of guanidine groups is 1. The highest BCUT2D eigenvalue weighted by molar-refractivity contribution is 5.94. The average Bonchev–Trinajstić information content (AvgIpc) is 3.66. The van der Waals surface area contributed by atoms with Gasteiger partial charge in [-0.3, -0.25) is 24.2 Å². The number of unbranched alkanes of at least 4 members (excludes halogenated alkanes) is 4. The number of rotatable bonds is 20. The maximum atomic E-state index is 14.3. The van der Waals surface area contributed by atoms with Crippen molar-refractivity contribution >= 4 is 29.6 Å². The Labute approximate surface area is 321 Å². The number of hydrogen-bond donors (Lipinski definition) is 4. The summed E-state index contributed by atoms with van der Waals surface area (Å²) in [6.07, 6.45) is 9.05. The Morgan fingerprint density at radius 1 is 0.870 bits per heavy atom. The third-order valence-electron chi connectivity index (χ3n) is 10.3. The van der Waals surface area contributed by atoms with Gasteiger partial charge in [-0.25, -0.2) is 0 Å². The Bertz CT molecular complexity index is 1510. The lowest BCUT2D eigenvalue weighted by Crippen LogP contribution is -2.58. The van der Waals surface area contributed by atoms with Gasteiger partial charge < -0.3 is 36.6 Å². The van der Waals surface area contributed by atoms with Crippen LogP contribution in [0.2, 0.25) is 0 Å². The number of likely N-dealkylation sites (tertiary alicyclic amines) is 2. The predicted octanol–water partition coefficient (Wildman–Crippen LogP) is 4.69. The fourth-order valence-corrected chi connectivity index (χ4v) is 7.38. The number of ether oxygens (including phenoxy) is 1. The fourth-order valence-electron chi connectivity index (χ4n) is 7.38. The molecule has 1 unspecified atom stereocenters. The zero-order valence-electron chi connectivity index (χ0n) is 32.6. The van der Waals surface area contributed by atoms with E-state index in [-0.39, 0.29) is 41.9 Å². The van der Waals surface area contributed by atoms with Crippen LogP contribution in [0.4, 0.5) is 0 Å². The number of hydrogen-bond acceptors (Lipinski definition) is 6. The Morgan fingerprint density at radius 3 is 2.30 bits per heavy atom. The summed E-state index contributed by atoms with van der Waals surface area (Å²) in [5, 5.41) is 6.01. The number of piperidine rings is 1. The maximum Gasteiger partial charge on any atom is 0.245 e. The van der Waals surface area contributed by atoms with Crippen LogP contribution >= 0.6 is 0 Å². The Kier molecular flexibility index (Phi) is 17.1. The van der Waals surface area contributed by atoms with E-state index < -0.39 is 24.0 Å². The Morgan fingerprint density at radius 2 is 1.59 bits per heavy atom. The molecule has 0 saturated carbocycles. The molecule has 0 spiro atoms. The molecule has 2 fully saturated rings. The van der Waals surface area contributed by atoms with Crippen molar-refractivity contribution in [1.82, 2.24) is 20.4 Å². The summed E-state index contributed by atoms with van der Waals surface area (Å²) in [4.78, 5) is 63.1. The molecule has 2 aromatic carbocycles. The highest BCUT2D eigenvalue weighted by Crippen LogP contribution is 2.25. The Hall–Kier alpha value is -4.61. The summed E-state index contributed by atoms with van der Waals surface area (Å²) in [6.45, 7) is 8.67. The quantitative estimate of drug-likeness (QED) is 0.0865. The summed E-state index contributed by atoms with van der Waals surface area (Å²) in [5.41, 5.74) is 13.0. The molecule has 12 nitrogen and oxygen atoms in total. The monoisotopic (exact) mass is 745 g/mol. The lowest BCUT2D eigenvalue weighted by Gasteiger charge is -2.37. The maximum absolute atomic E-state index is 14.3. The van der Waals surface area contributed by atoms with Crippen LogP contribution < -0.4 is 26.8 Å². The molecule has 0 aromatic heterocycles. The van der Waals surface area contributed by atoms with Crippen LogP contribution in [-0.4, -0.2) is 83.7 Å². The lowest BCUT2D eigenvalue weighted by molar-refractivity contribution is -0.147. The van der Waals surface area contributed by atoms with Gasteiger partial charge in [0.05, 0.1) is 0 Å². The van der Waals surface area contributed by atoms with Crippen LogP contribution in [0.15, 0.2) is 59.6 Å². The second-order valence-corrected chi connectivity index (χ2v) is 15.3. The van der Waals surface area contributed by atoms with Gasteiger partial charge in [-0.1, -0.05) is 88.9 Å². The van der Waals surface area contributed by atoms with Crippen molar-refractivity contribution in [3.63, 3.8) is 0 Å². The topological polar surface area (TPSA) is 172 Å². The molecule has 2 saturated heterocycles. The van der Waals surface area contributed by atoms with Gasteiger partial charge in [0.1, 0.15) is 30.5 Å². The highest BCUT2D eigenvalue weighted by Gasteiger charge is 2.41. The van der Waals surface area contributed by atoms with E-state index in [0.29, 0.717) is 64.2 Å². The van der Waals surface area contributed by atoms with E-state index >= 15 is 0 Å². The Balaban J connectivity index is 1.45. The summed E-state index contributed by atoms with van der Waals surface area (Å²) < 4.78 is 5.96. The smallest absolute Gasteiger partial charge is 0.245 e. The third-order valence-corrected chi connectivity index (χ3v) is 10.3. The molecule has 2 aliphatic rings. The van der Waals surface area contributed by atoms with Gasteiger partial charge in [0.15, 0.2) is 5.96 Å². The number of nitrogens with two attached hydrogens (primary N) is 2. The molecule has 0 bridgehead atoms. The molecular formula is C42H63N7O5. The van der Waals surface area contributed by atoms with Gasteiger partial charge in [-0.2, -0.15) is 0 Å². The van der Waals surface area contributed by atoms with Crippen LogP contribution in [0, 0.1) is 11.8 Å². The number of nitrogens with one attached hydrogen (secondary N) is 2. The molecule has 0 aliphatic carbocycles. The van der Waals surface area contributed by atoms with Crippen LogP contribution in [0.3, 0.4) is 0 Å². The minimum atomic E-state index is -0.891. The summed E-state index contributed by atoms with van der Waals surface area (Å²) in [6, 6.07) is 15.1. The molecule has 2 aromatic rings. The molecular weight excluding hydrogens is 683 g/mol. The number of benzene rings is 2. The van der Waals surface area contributed by atoms with Crippen LogP contribution in [0.5, 0.6) is 5.75 Å². The first-order valence-corrected chi connectivity index (χ1v) is 20.0. The van der Waals surface area contributed by atoms with Crippen molar-refractivity contribution < 1.29 is 23.9 Å². The second kappa shape index (κ2) is 21.9. The first-order chi connectivity index (χ1) is 26.0. The SMILES string of the molecule is CCCCCCCC(=O)N[C@@H](Cc1ccc(OCc2ccccc2)cc1)C(=O)N[C@@H](CC(C)C)C(=O)N1CCC[C@H]1C(=O)N1CCCC(CN=C(N)N)C1. The van der Waals surface area contributed by atoms with E-state index in [1.54, 1.807) is 4.90 Å². The van der Waals surface area contributed by atoms with E-state index in [9.17, 15) is 19.2 Å². The highest BCUT2D eigenvalue weighted by atomic mass is 16.5. The lowest BCUT2D eigenvalue weighted by atomic mass is 9.97. The molecule has 4 atom stereocenters. The van der Waals surface area contributed by atoms with Gasteiger partial charge >= 0.3 is 0 Å². The van der Waals surface area contributed by atoms with E-state index in [1.165, 1.54) is 0 Å². The molecule has 4 rings (SSSR count). The normalized spacial score (nSPS) is 18.1. The van der Waals surface area contributed by atoms with E-state index in [2.05, 4.69) is 22.5 Å². The summed E-state index contributed by atoms with van der Waals surface area (Å²) in [7, 11) is 0. The first kappa shape index (κ1) is 42.1. The molecule has 2 heterocycles. The van der Waals surface area contributed by atoms with Crippen molar-refractivity contribution in [2.45, 2.75) is 123 Å². The van der Waals surface area contributed by atoms with E-state index in [0.717, 1.165) is 56.1 Å². The van der Waals surface area contributed by atoms with Gasteiger partial charge in [0.25, 0.3) is 0 Å². The van der Waals surface area contributed by atoms with Gasteiger partial charge in [-0.15, -0.1) is 0 Å². The minimum absolute atomic E-state index is 0.0375. The molecule has 0 radical (unpaired) electrons. The minimum Gasteiger partial charge on any atom is -0.489 e. The largest absolute Gasteiger partial charge is 0.489 e. The number of carbonyl (C=O) groups excluding carboxylic acids is 4. The van der Waals surface area contributed by atoms with Crippen molar-refractivity contribution in [2.24, 2.45) is 28.3 Å². The molecule has 12 heteroatoms. The number of aliphatic imine (C=N–C) groups is 1. The second-order valence-electron chi connectivity index (χ2n) is 15.3. The van der Waals surface area contributed by atoms with Crippen molar-refractivity contribution in [3.05, 3.63) is 65.7 Å². The molecule has 54 heavy (non-hydrogen) atoms. The number of amides is 4. The van der Waals surface area contributed by atoms with Crippen LogP contribution in [-0.2, 0) is 32.2 Å². The fraction of sp³-hybridized carbons (Fsp3) is 0.595.